The molecule has 10 heavy (non-hydrogen) atoms. The van der Waals surface area contributed by atoms with E-state index in [1.165, 1.54) is 0 Å². The molecular weight excluding hydrogens is 133 g/mol. The van der Waals surface area contributed by atoms with Crippen molar-refractivity contribution in [2.45, 2.75) is 31.5 Å². The van der Waals surface area contributed by atoms with Crippen LogP contribution in [0.2, 0.25) is 0 Å². The number of hydrogen-bond donors (Lipinski definition) is 0. The first kappa shape index (κ1) is 6.13. The van der Waals surface area contributed by atoms with E-state index in [-0.39, 0.29) is 11.9 Å². The Kier molecular flexibility index (Phi) is 1.19. The molecule has 3 heteroatoms. The van der Waals surface area contributed by atoms with Crippen LogP contribution in [0.1, 0.15) is 19.3 Å². The molecule has 0 unspecified atom stereocenters. The molecule has 0 aromatic rings. The number of amides is 1. The number of halogens is 1. The molecule has 0 aromatic carbocycles. The lowest BCUT2D eigenvalue weighted by Crippen LogP contribution is -2.27. The number of nitrogens with zero attached hydrogens (tertiary/aromatic N) is 1. The van der Waals surface area contributed by atoms with Crippen molar-refractivity contribution in [3.63, 3.8) is 0 Å². The van der Waals surface area contributed by atoms with Crippen LogP contribution in [0.3, 0.4) is 0 Å². The Morgan fingerprint density at radius 1 is 1.60 bits per heavy atom. The van der Waals surface area contributed by atoms with Crippen molar-refractivity contribution in [2.75, 3.05) is 6.54 Å². The highest BCUT2D eigenvalue weighted by Gasteiger charge is 2.39. The highest BCUT2D eigenvalue weighted by molar-refractivity contribution is 5.79. The molecule has 2 saturated heterocycles. The molecule has 0 aromatic heterocycles. The number of rotatable bonds is 0. The monoisotopic (exact) mass is 143 g/mol. The van der Waals surface area contributed by atoms with Gasteiger partial charge in [-0.3, -0.25) is 4.79 Å². The molecule has 2 heterocycles. The van der Waals surface area contributed by atoms with Crippen LogP contribution in [0.4, 0.5) is 4.39 Å². The van der Waals surface area contributed by atoms with Crippen molar-refractivity contribution in [3.05, 3.63) is 0 Å². The lowest BCUT2D eigenvalue weighted by molar-refractivity contribution is -0.128. The van der Waals surface area contributed by atoms with Crippen molar-refractivity contribution in [3.8, 4) is 0 Å². The fourth-order valence-electron chi connectivity index (χ4n) is 1.87. The van der Waals surface area contributed by atoms with Crippen LogP contribution >= 0.6 is 0 Å². The second-order valence-electron chi connectivity index (χ2n) is 3.07. The Hall–Kier alpha value is -0.600. The van der Waals surface area contributed by atoms with Gasteiger partial charge in [0.25, 0.3) is 0 Å². The Morgan fingerprint density at radius 3 is 3.10 bits per heavy atom. The fraction of sp³-hybridized carbons (Fsp3) is 0.857. The van der Waals surface area contributed by atoms with Crippen molar-refractivity contribution in [1.29, 1.82) is 0 Å². The van der Waals surface area contributed by atoms with Crippen LogP contribution in [-0.4, -0.2) is 29.6 Å². The third kappa shape index (κ3) is 0.728. The average Bonchev–Trinajstić information content (AvgIpc) is 2.35. The van der Waals surface area contributed by atoms with E-state index in [1.54, 1.807) is 4.90 Å². The topological polar surface area (TPSA) is 20.3 Å². The van der Waals surface area contributed by atoms with Gasteiger partial charge in [-0.1, -0.05) is 0 Å². The molecule has 2 nitrogen and oxygen atoms in total. The fourth-order valence-corrected chi connectivity index (χ4v) is 1.87. The number of carbonyl (C=O) groups excluding carboxylic acids is 1. The molecule has 0 N–H and O–H groups in total. The molecule has 0 bridgehead atoms. The van der Waals surface area contributed by atoms with E-state index >= 15 is 0 Å². The van der Waals surface area contributed by atoms with Gasteiger partial charge in [0.15, 0.2) is 0 Å². The first-order valence-electron chi connectivity index (χ1n) is 3.71. The molecule has 0 aliphatic carbocycles. The molecule has 2 aliphatic rings. The lowest BCUT2D eigenvalue weighted by atomic mass is 10.1. The summed E-state index contributed by atoms with van der Waals surface area (Å²) in [6, 6.07) is 0.238. The first-order valence-corrected chi connectivity index (χ1v) is 3.71. The minimum atomic E-state index is -0.755. The standard InChI is InChI=1S/C7H10FNO/c8-5-3-6-1-2-7(10)9(6)4-5/h5-6H,1-4H2/t5-,6+/m1/s1. The third-order valence-electron chi connectivity index (χ3n) is 2.38. The third-order valence-corrected chi connectivity index (χ3v) is 2.38. The summed E-state index contributed by atoms with van der Waals surface area (Å²) >= 11 is 0. The largest absolute Gasteiger partial charge is 0.337 e. The minimum absolute atomic E-state index is 0.144. The van der Waals surface area contributed by atoms with Gasteiger partial charge in [0.2, 0.25) is 5.91 Å². The minimum Gasteiger partial charge on any atom is -0.337 e. The normalized spacial score (nSPS) is 38.9. The Balaban J connectivity index is 2.12. The smallest absolute Gasteiger partial charge is 0.222 e. The maximum absolute atomic E-state index is 12.6. The molecule has 0 saturated carbocycles. The quantitative estimate of drug-likeness (QED) is 0.489. The van der Waals surface area contributed by atoms with Gasteiger partial charge in [-0.2, -0.15) is 0 Å². The molecule has 2 rings (SSSR count). The number of alkyl halides is 1. The SMILES string of the molecule is O=C1CC[C@H]2C[C@@H](F)CN12. The molecule has 2 atom stereocenters. The maximum Gasteiger partial charge on any atom is 0.222 e. The number of hydrogen-bond acceptors (Lipinski definition) is 1. The predicted molar refractivity (Wildman–Crippen MR) is 34.2 cm³/mol. The summed E-state index contributed by atoms with van der Waals surface area (Å²) in [4.78, 5) is 12.6. The molecule has 2 aliphatic heterocycles. The molecule has 1 amide bonds. The summed E-state index contributed by atoms with van der Waals surface area (Å²) in [6.45, 7) is 0.351. The average molecular weight is 143 g/mol. The van der Waals surface area contributed by atoms with Crippen molar-refractivity contribution < 1.29 is 9.18 Å². The zero-order valence-corrected chi connectivity index (χ0v) is 5.72. The van der Waals surface area contributed by atoms with Crippen LogP contribution in [0, 0.1) is 0 Å². The first-order chi connectivity index (χ1) is 4.77. The van der Waals surface area contributed by atoms with Crippen LogP contribution in [-0.2, 0) is 4.79 Å². The molecule has 0 spiro atoms. The molecular formula is C7H10FNO. The highest BCUT2D eigenvalue weighted by atomic mass is 19.1. The van der Waals surface area contributed by atoms with Crippen LogP contribution in [0.15, 0.2) is 0 Å². The van der Waals surface area contributed by atoms with Crippen LogP contribution in [0.5, 0.6) is 0 Å². The van der Waals surface area contributed by atoms with E-state index in [0.29, 0.717) is 19.4 Å². The van der Waals surface area contributed by atoms with E-state index in [0.717, 1.165) is 6.42 Å². The molecule has 2 fully saturated rings. The van der Waals surface area contributed by atoms with Crippen molar-refractivity contribution >= 4 is 5.91 Å². The van der Waals surface area contributed by atoms with Crippen molar-refractivity contribution in [1.82, 2.24) is 4.90 Å². The zero-order chi connectivity index (χ0) is 7.14. The van der Waals surface area contributed by atoms with Gasteiger partial charge in [-0.05, 0) is 6.42 Å². The maximum atomic E-state index is 12.6. The van der Waals surface area contributed by atoms with Gasteiger partial charge in [0.1, 0.15) is 6.17 Å². The van der Waals surface area contributed by atoms with E-state index in [1.807, 2.05) is 0 Å². The summed E-state index contributed by atoms with van der Waals surface area (Å²) in [5.41, 5.74) is 0. The van der Waals surface area contributed by atoms with Crippen LogP contribution in [0.25, 0.3) is 0 Å². The predicted octanol–water partition coefficient (Wildman–Crippen LogP) is 0.719. The Labute approximate surface area is 59.0 Å². The van der Waals surface area contributed by atoms with Gasteiger partial charge < -0.3 is 4.90 Å². The second-order valence-corrected chi connectivity index (χ2v) is 3.07. The van der Waals surface area contributed by atoms with E-state index in [9.17, 15) is 9.18 Å². The number of fused-ring (bicyclic) bond motifs is 1. The molecule has 0 radical (unpaired) electrons. The summed E-state index contributed by atoms with van der Waals surface area (Å²) in [5, 5.41) is 0. The second kappa shape index (κ2) is 1.94. The van der Waals surface area contributed by atoms with Gasteiger partial charge in [0, 0.05) is 18.9 Å². The summed E-state index contributed by atoms with van der Waals surface area (Å²) < 4.78 is 12.6. The van der Waals surface area contributed by atoms with Crippen LogP contribution < -0.4 is 0 Å². The summed E-state index contributed by atoms with van der Waals surface area (Å²) in [7, 11) is 0. The van der Waals surface area contributed by atoms with E-state index in [2.05, 4.69) is 0 Å². The summed E-state index contributed by atoms with van der Waals surface area (Å²) in [5.74, 6) is 0.144. The van der Waals surface area contributed by atoms with Gasteiger partial charge in [-0.25, -0.2) is 4.39 Å². The van der Waals surface area contributed by atoms with Gasteiger partial charge in [0.05, 0.1) is 6.54 Å². The van der Waals surface area contributed by atoms with E-state index < -0.39 is 6.17 Å². The van der Waals surface area contributed by atoms with E-state index in [4.69, 9.17) is 0 Å². The molecule has 56 valence electrons. The highest BCUT2D eigenvalue weighted by Crippen LogP contribution is 2.29. The van der Waals surface area contributed by atoms with Gasteiger partial charge >= 0.3 is 0 Å². The number of carbonyl (C=O) groups is 1. The van der Waals surface area contributed by atoms with Crippen molar-refractivity contribution in [2.24, 2.45) is 0 Å². The van der Waals surface area contributed by atoms with Gasteiger partial charge in [-0.15, -0.1) is 0 Å². The lowest BCUT2D eigenvalue weighted by Gasteiger charge is -2.12. The zero-order valence-electron chi connectivity index (χ0n) is 5.72. The summed E-state index contributed by atoms with van der Waals surface area (Å²) in [6.07, 6.45) is 1.33. The Morgan fingerprint density at radius 2 is 2.40 bits per heavy atom. The Bertz CT molecular complexity index is 171.